The highest BCUT2D eigenvalue weighted by atomic mass is 16.5. The molecule has 1 heterocycles. The van der Waals surface area contributed by atoms with Gasteiger partial charge in [0.2, 0.25) is 5.91 Å². The molecule has 1 aromatic heterocycles. The maximum absolute atomic E-state index is 12.0. The number of nitrogens with one attached hydrogen (secondary N) is 1. The summed E-state index contributed by atoms with van der Waals surface area (Å²) in [6.07, 6.45) is 7.53. The molecule has 3 atom stereocenters. The Balaban J connectivity index is 1.51. The number of carbonyl (C=O) groups excluding carboxylic acids is 1. The predicted molar refractivity (Wildman–Crippen MR) is 71.5 cm³/mol. The van der Waals surface area contributed by atoms with E-state index in [4.69, 9.17) is 4.52 Å². The summed E-state index contributed by atoms with van der Waals surface area (Å²) in [5, 5.41) is 6.93. The zero-order valence-electron chi connectivity index (χ0n) is 11.5. The average Bonchev–Trinajstić information content (AvgIpc) is 3.08. The second-order valence-electron chi connectivity index (χ2n) is 5.82. The zero-order chi connectivity index (χ0) is 13.4. The zero-order valence-corrected chi connectivity index (χ0v) is 11.5. The van der Waals surface area contributed by atoms with Gasteiger partial charge in [0.15, 0.2) is 0 Å². The molecular formula is C15H20N2O2. The molecule has 2 aliphatic carbocycles. The van der Waals surface area contributed by atoms with Crippen LogP contribution in [0.4, 0.5) is 0 Å². The Bertz CT molecular complexity index is 499. The number of allylic oxidation sites excluding steroid dienone is 2. The summed E-state index contributed by atoms with van der Waals surface area (Å²) < 4.78 is 5.08. The van der Waals surface area contributed by atoms with Crippen LogP contribution < -0.4 is 5.32 Å². The fourth-order valence-corrected chi connectivity index (χ4v) is 3.35. The largest absolute Gasteiger partial charge is 0.361 e. The molecule has 1 fully saturated rings. The third-order valence-corrected chi connectivity index (χ3v) is 4.50. The highest BCUT2D eigenvalue weighted by Gasteiger charge is 2.35. The maximum Gasteiger partial charge on any atom is 0.224 e. The lowest BCUT2D eigenvalue weighted by Crippen LogP contribution is -2.32. The highest BCUT2D eigenvalue weighted by molar-refractivity contribution is 5.79. The van der Waals surface area contributed by atoms with Gasteiger partial charge in [0.25, 0.3) is 0 Å². The van der Waals surface area contributed by atoms with E-state index in [9.17, 15) is 4.79 Å². The van der Waals surface area contributed by atoms with Gasteiger partial charge in [0.1, 0.15) is 5.76 Å². The minimum absolute atomic E-state index is 0.0705. The fourth-order valence-electron chi connectivity index (χ4n) is 3.35. The number of hydrogen-bond acceptors (Lipinski definition) is 3. The SMILES string of the molecule is Cc1noc(C)c1CC(=O)NC[C@@H]1C[C@@H]2C=C[C@@H]1C2. The van der Waals surface area contributed by atoms with Crippen LogP contribution in [-0.2, 0) is 11.2 Å². The lowest BCUT2D eigenvalue weighted by molar-refractivity contribution is -0.120. The van der Waals surface area contributed by atoms with Crippen LogP contribution in [0.25, 0.3) is 0 Å². The normalized spacial score (nSPS) is 28.0. The quantitative estimate of drug-likeness (QED) is 0.844. The molecule has 0 saturated heterocycles. The molecule has 0 aromatic carbocycles. The van der Waals surface area contributed by atoms with E-state index in [-0.39, 0.29) is 5.91 Å². The van der Waals surface area contributed by atoms with Crippen LogP contribution >= 0.6 is 0 Å². The van der Waals surface area contributed by atoms with Crippen molar-refractivity contribution < 1.29 is 9.32 Å². The first-order chi connectivity index (χ1) is 9.13. The van der Waals surface area contributed by atoms with Crippen molar-refractivity contribution in [3.8, 4) is 0 Å². The van der Waals surface area contributed by atoms with Crippen LogP contribution in [0.5, 0.6) is 0 Å². The van der Waals surface area contributed by atoms with Crippen LogP contribution in [0.1, 0.15) is 29.9 Å². The number of amides is 1. The van der Waals surface area contributed by atoms with Crippen LogP contribution in [0.15, 0.2) is 16.7 Å². The molecule has 1 N–H and O–H groups in total. The van der Waals surface area contributed by atoms with E-state index in [0.717, 1.165) is 29.5 Å². The van der Waals surface area contributed by atoms with E-state index in [2.05, 4.69) is 22.6 Å². The minimum atomic E-state index is 0.0705. The molecule has 3 rings (SSSR count). The third kappa shape index (κ3) is 2.44. The number of rotatable bonds is 4. The van der Waals surface area contributed by atoms with Crippen molar-refractivity contribution in [2.24, 2.45) is 17.8 Å². The number of hydrogen-bond donors (Lipinski definition) is 1. The van der Waals surface area contributed by atoms with Gasteiger partial charge in [-0.3, -0.25) is 4.79 Å². The molecule has 0 unspecified atom stereocenters. The van der Waals surface area contributed by atoms with E-state index in [1.54, 1.807) is 0 Å². The molecule has 19 heavy (non-hydrogen) atoms. The summed E-state index contributed by atoms with van der Waals surface area (Å²) in [7, 11) is 0. The molecule has 1 amide bonds. The van der Waals surface area contributed by atoms with E-state index in [1.807, 2.05) is 13.8 Å². The van der Waals surface area contributed by atoms with Crippen molar-refractivity contribution in [2.75, 3.05) is 6.54 Å². The first kappa shape index (κ1) is 12.5. The Kier molecular flexibility index (Phi) is 3.17. The number of fused-ring (bicyclic) bond motifs is 2. The molecule has 0 radical (unpaired) electrons. The van der Waals surface area contributed by atoms with Crippen molar-refractivity contribution in [1.82, 2.24) is 10.5 Å². The van der Waals surface area contributed by atoms with Gasteiger partial charge in [-0.05, 0) is 44.4 Å². The Labute approximate surface area is 113 Å². The molecular weight excluding hydrogens is 240 g/mol. The van der Waals surface area contributed by atoms with Crippen molar-refractivity contribution in [2.45, 2.75) is 33.1 Å². The molecule has 0 aliphatic heterocycles. The Morgan fingerprint density at radius 3 is 2.84 bits per heavy atom. The second-order valence-corrected chi connectivity index (χ2v) is 5.82. The van der Waals surface area contributed by atoms with Gasteiger partial charge in [-0.1, -0.05) is 17.3 Å². The summed E-state index contributed by atoms with van der Waals surface area (Å²) >= 11 is 0. The Morgan fingerprint density at radius 1 is 1.42 bits per heavy atom. The summed E-state index contributed by atoms with van der Waals surface area (Å²) in [5.41, 5.74) is 1.74. The van der Waals surface area contributed by atoms with Crippen LogP contribution in [0, 0.1) is 31.6 Å². The van der Waals surface area contributed by atoms with Crippen LogP contribution in [-0.4, -0.2) is 17.6 Å². The predicted octanol–water partition coefficient (Wildman–Crippen LogP) is 2.16. The fraction of sp³-hybridized carbons (Fsp3) is 0.600. The standard InChI is InChI=1S/C15H20N2O2/c1-9-14(10(2)19-17-9)7-15(18)16-8-13-6-11-3-4-12(13)5-11/h3-4,11-13H,5-8H2,1-2H3,(H,16,18)/t11-,12-,13+/m1/s1. The second kappa shape index (κ2) is 4.83. The average molecular weight is 260 g/mol. The minimum Gasteiger partial charge on any atom is -0.361 e. The van der Waals surface area contributed by atoms with Crippen molar-refractivity contribution in [1.29, 1.82) is 0 Å². The molecule has 1 aromatic rings. The monoisotopic (exact) mass is 260 g/mol. The first-order valence-electron chi connectivity index (χ1n) is 7.00. The topological polar surface area (TPSA) is 55.1 Å². The third-order valence-electron chi connectivity index (χ3n) is 4.50. The van der Waals surface area contributed by atoms with E-state index >= 15 is 0 Å². The Hall–Kier alpha value is -1.58. The molecule has 0 spiro atoms. The molecule has 2 aliphatic rings. The van der Waals surface area contributed by atoms with Crippen molar-refractivity contribution in [3.63, 3.8) is 0 Å². The van der Waals surface area contributed by atoms with Gasteiger partial charge in [-0.15, -0.1) is 0 Å². The van der Waals surface area contributed by atoms with E-state index in [1.165, 1.54) is 12.8 Å². The Morgan fingerprint density at radius 2 is 2.26 bits per heavy atom. The maximum atomic E-state index is 12.0. The highest BCUT2D eigenvalue weighted by Crippen LogP contribution is 2.42. The summed E-state index contributed by atoms with van der Waals surface area (Å²) in [6, 6.07) is 0. The van der Waals surface area contributed by atoms with Gasteiger partial charge in [-0.2, -0.15) is 0 Å². The smallest absolute Gasteiger partial charge is 0.224 e. The number of carbonyl (C=O) groups is 1. The van der Waals surface area contributed by atoms with Gasteiger partial charge < -0.3 is 9.84 Å². The van der Waals surface area contributed by atoms with E-state index < -0.39 is 0 Å². The first-order valence-corrected chi connectivity index (χ1v) is 7.00. The van der Waals surface area contributed by atoms with Gasteiger partial charge in [0, 0.05) is 12.1 Å². The molecule has 4 heteroatoms. The lowest BCUT2D eigenvalue weighted by atomic mass is 9.93. The van der Waals surface area contributed by atoms with Gasteiger partial charge in [-0.25, -0.2) is 0 Å². The summed E-state index contributed by atoms with van der Waals surface area (Å²) in [6.45, 7) is 4.52. The van der Waals surface area contributed by atoms with Gasteiger partial charge in [0.05, 0.1) is 12.1 Å². The summed E-state index contributed by atoms with van der Waals surface area (Å²) in [4.78, 5) is 12.0. The van der Waals surface area contributed by atoms with Crippen LogP contribution in [0.2, 0.25) is 0 Å². The van der Waals surface area contributed by atoms with Crippen molar-refractivity contribution >= 4 is 5.91 Å². The molecule has 1 saturated carbocycles. The molecule has 2 bridgehead atoms. The lowest BCUT2D eigenvalue weighted by Gasteiger charge is -2.18. The van der Waals surface area contributed by atoms with Crippen LogP contribution in [0.3, 0.4) is 0 Å². The van der Waals surface area contributed by atoms with Crippen molar-refractivity contribution in [3.05, 3.63) is 29.2 Å². The molecule has 4 nitrogen and oxygen atoms in total. The number of aromatic nitrogens is 1. The number of nitrogens with zero attached hydrogens (tertiary/aromatic N) is 1. The van der Waals surface area contributed by atoms with Gasteiger partial charge >= 0.3 is 0 Å². The number of aryl methyl sites for hydroxylation is 2. The van der Waals surface area contributed by atoms with E-state index in [0.29, 0.717) is 18.3 Å². The molecule has 102 valence electrons. The summed E-state index contributed by atoms with van der Waals surface area (Å²) in [5.74, 6) is 2.89.